The molecule has 1 N–H and O–H groups in total. The van der Waals surface area contributed by atoms with E-state index in [0.29, 0.717) is 6.61 Å². The zero-order valence-electron chi connectivity index (χ0n) is 10.9. The van der Waals surface area contributed by atoms with E-state index in [1.54, 1.807) is 0 Å². The second-order valence-electron chi connectivity index (χ2n) is 4.26. The lowest BCUT2D eigenvalue weighted by molar-refractivity contribution is 0.157. The zero-order valence-corrected chi connectivity index (χ0v) is 10.9. The Bertz CT molecular complexity index is 333. The van der Waals surface area contributed by atoms with Gasteiger partial charge in [-0.3, -0.25) is 0 Å². The summed E-state index contributed by atoms with van der Waals surface area (Å²) < 4.78 is 7.59. The second kappa shape index (κ2) is 8.03. The van der Waals surface area contributed by atoms with E-state index in [4.69, 9.17) is 4.74 Å². The van der Waals surface area contributed by atoms with Crippen LogP contribution in [0.4, 0.5) is 0 Å². The van der Waals surface area contributed by atoms with Gasteiger partial charge in [0.15, 0.2) is 0 Å². The molecule has 1 aromatic rings. The lowest BCUT2D eigenvalue weighted by Gasteiger charge is -2.08. The molecule has 96 valence electrons. The molecular weight excluding hydrogens is 214 g/mol. The average molecular weight is 237 g/mol. The van der Waals surface area contributed by atoms with Crippen molar-refractivity contribution in [3.8, 4) is 0 Å². The molecule has 4 heteroatoms. The average Bonchev–Trinajstić information content (AvgIpc) is 2.71. The minimum atomic E-state index is 0.648. The Morgan fingerprint density at radius 1 is 1.59 bits per heavy atom. The third-order valence-corrected chi connectivity index (χ3v) is 2.34. The van der Waals surface area contributed by atoms with E-state index in [1.165, 1.54) is 5.69 Å². The Hall–Kier alpha value is -1.13. The number of aromatic nitrogens is 2. The van der Waals surface area contributed by atoms with Crippen molar-refractivity contribution >= 4 is 0 Å². The standard InChI is InChI=1S/C13H23N3O/c1-4-6-16-11-15-9-13(16)8-14-5-7-17-10-12(2)3/h9,11,14H,2,4-8,10H2,1,3H3. The Labute approximate surface area is 104 Å². The zero-order chi connectivity index (χ0) is 12.5. The third-order valence-electron chi connectivity index (χ3n) is 2.34. The molecule has 0 amide bonds. The van der Waals surface area contributed by atoms with Gasteiger partial charge in [-0.15, -0.1) is 0 Å². The van der Waals surface area contributed by atoms with Crippen LogP contribution in [-0.4, -0.2) is 29.3 Å². The van der Waals surface area contributed by atoms with Crippen LogP contribution in [0.2, 0.25) is 0 Å². The number of imidazole rings is 1. The number of ether oxygens (including phenoxy) is 1. The van der Waals surface area contributed by atoms with Crippen LogP contribution in [-0.2, 0) is 17.8 Å². The number of nitrogens with zero attached hydrogens (tertiary/aromatic N) is 2. The molecule has 1 rings (SSSR count). The van der Waals surface area contributed by atoms with E-state index in [0.717, 1.165) is 38.2 Å². The Kier molecular flexibility index (Phi) is 6.58. The van der Waals surface area contributed by atoms with Crippen molar-refractivity contribution in [2.24, 2.45) is 0 Å². The van der Waals surface area contributed by atoms with Gasteiger partial charge in [0.2, 0.25) is 0 Å². The number of hydrogen-bond donors (Lipinski definition) is 1. The summed E-state index contributed by atoms with van der Waals surface area (Å²) in [7, 11) is 0. The number of hydrogen-bond acceptors (Lipinski definition) is 3. The number of rotatable bonds is 9. The van der Waals surface area contributed by atoms with Gasteiger partial charge in [-0.05, 0) is 13.3 Å². The van der Waals surface area contributed by atoms with Crippen LogP contribution in [0.15, 0.2) is 24.7 Å². The van der Waals surface area contributed by atoms with E-state index in [1.807, 2.05) is 19.4 Å². The highest BCUT2D eigenvalue weighted by Gasteiger charge is 2.00. The molecule has 0 unspecified atom stereocenters. The summed E-state index contributed by atoms with van der Waals surface area (Å²) in [5.41, 5.74) is 2.29. The van der Waals surface area contributed by atoms with Gasteiger partial charge in [-0.25, -0.2) is 4.98 Å². The van der Waals surface area contributed by atoms with Gasteiger partial charge in [0.05, 0.1) is 25.2 Å². The molecule has 0 atom stereocenters. The quantitative estimate of drug-likeness (QED) is 0.527. The first-order valence-electron chi connectivity index (χ1n) is 6.16. The monoisotopic (exact) mass is 237 g/mol. The van der Waals surface area contributed by atoms with Crippen LogP contribution in [0.1, 0.15) is 26.0 Å². The molecule has 0 aliphatic heterocycles. The first-order valence-corrected chi connectivity index (χ1v) is 6.16. The van der Waals surface area contributed by atoms with Crippen molar-refractivity contribution in [3.63, 3.8) is 0 Å². The minimum absolute atomic E-state index is 0.648. The number of aryl methyl sites for hydroxylation is 1. The van der Waals surface area contributed by atoms with E-state index < -0.39 is 0 Å². The normalized spacial score (nSPS) is 10.7. The van der Waals surface area contributed by atoms with Crippen molar-refractivity contribution in [1.29, 1.82) is 0 Å². The van der Waals surface area contributed by atoms with Crippen molar-refractivity contribution < 1.29 is 4.74 Å². The third kappa shape index (κ3) is 5.65. The molecule has 0 aliphatic carbocycles. The lowest BCUT2D eigenvalue weighted by Crippen LogP contribution is -2.21. The molecule has 0 saturated carbocycles. The topological polar surface area (TPSA) is 39.1 Å². The minimum Gasteiger partial charge on any atom is -0.376 e. The second-order valence-corrected chi connectivity index (χ2v) is 4.26. The van der Waals surface area contributed by atoms with E-state index >= 15 is 0 Å². The fourth-order valence-corrected chi connectivity index (χ4v) is 1.54. The van der Waals surface area contributed by atoms with Crippen molar-refractivity contribution in [2.45, 2.75) is 33.4 Å². The lowest BCUT2D eigenvalue weighted by atomic mass is 10.4. The largest absolute Gasteiger partial charge is 0.376 e. The predicted octanol–water partition coefficient (Wildman–Crippen LogP) is 1.98. The molecule has 17 heavy (non-hydrogen) atoms. The Balaban J connectivity index is 2.13. The Morgan fingerprint density at radius 3 is 3.12 bits per heavy atom. The molecule has 0 aromatic carbocycles. The van der Waals surface area contributed by atoms with Crippen LogP contribution in [0.3, 0.4) is 0 Å². The van der Waals surface area contributed by atoms with Gasteiger partial charge in [0, 0.05) is 25.8 Å². The van der Waals surface area contributed by atoms with E-state index in [9.17, 15) is 0 Å². The first-order chi connectivity index (χ1) is 8.24. The van der Waals surface area contributed by atoms with Crippen molar-refractivity contribution in [3.05, 3.63) is 30.4 Å². The summed E-state index contributed by atoms with van der Waals surface area (Å²) in [6.07, 6.45) is 4.93. The van der Waals surface area contributed by atoms with E-state index in [-0.39, 0.29) is 0 Å². The maximum absolute atomic E-state index is 5.41. The molecule has 0 bridgehead atoms. The van der Waals surface area contributed by atoms with Crippen LogP contribution in [0.25, 0.3) is 0 Å². The molecular formula is C13H23N3O. The van der Waals surface area contributed by atoms with Crippen molar-refractivity contribution in [2.75, 3.05) is 19.8 Å². The molecule has 1 heterocycles. The maximum atomic E-state index is 5.41. The van der Waals surface area contributed by atoms with Crippen LogP contribution in [0.5, 0.6) is 0 Å². The Morgan fingerprint density at radius 2 is 2.41 bits per heavy atom. The fourth-order valence-electron chi connectivity index (χ4n) is 1.54. The summed E-state index contributed by atoms with van der Waals surface area (Å²) in [6, 6.07) is 0. The molecule has 0 radical (unpaired) electrons. The van der Waals surface area contributed by atoms with Gasteiger partial charge in [-0.1, -0.05) is 19.1 Å². The molecule has 1 aromatic heterocycles. The smallest absolute Gasteiger partial charge is 0.0948 e. The summed E-state index contributed by atoms with van der Waals surface area (Å²) in [6.45, 7) is 12.0. The van der Waals surface area contributed by atoms with Gasteiger partial charge < -0.3 is 14.6 Å². The van der Waals surface area contributed by atoms with E-state index in [2.05, 4.69) is 28.4 Å². The highest BCUT2D eigenvalue weighted by atomic mass is 16.5. The number of nitrogens with one attached hydrogen (secondary N) is 1. The molecule has 0 spiro atoms. The highest BCUT2D eigenvalue weighted by Crippen LogP contribution is 2.00. The first kappa shape index (κ1) is 13.9. The van der Waals surface area contributed by atoms with Gasteiger partial charge in [-0.2, -0.15) is 0 Å². The highest BCUT2D eigenvalue weighted by molar-refractivity contribution is 4.97. The fraction of sp³-hybridized carbons (Fsp3) is 0.615. The summed E-state index contributed by atoms with van der Waals surface area (Å²) >= 11 is 0. The molecule has 4 nitrogen and oxygen atoms in total. The van der Waals surface area contributed by atoms with Gasteiger partial charge in [0.1, 0.15) is 0 Å². The molecule has 0 saturated heterocycles. The van der Waals surface area contributed by atoms with Crippen LogP contribution >= 0.6 is 0 Å². The van der Waals surface area contributed by atoms with Crippen LogP contribution < -0.4 is 5.32 Å². The van der Waals surface area contributed by atoms with Gasteiger partial charge >= 0.3 is 0 Å². The molecule has 0 aliphatic rings. The molecule has 0 fully saturated rings. The summed E-state index contributed by atoms with van der Waals surface area (Å²) in [4.78, 5) is 4.16. The summed E-state index contributed by atoms with van der Waals surface area (Å²) in [5.74, 6) is 0. The summed E-state index contributed by atoms with van der Waals surface area (Å²) in [5, 5.41) is 3.34. The van der Waals surface area contributed by atoms with Crippen molar-refractivity contribution in [1.82, 2.24) is 14.9 Å². The maximum Gasteiger partial charge on any atom is 0.0948 e. The van der Waals surface area contributed by atoms with Gasteiger partial charge in [0.25, 0.3) is 0 Å². The predicted molar refractivity (Wildman–Crippen MR) is 69.9 cm³/mol. The SMILES string of the molecule is C=C(C)COCCNCc1cncn1CCC. The van der Waals surface area contributed by atoms with Crippen LogP contribution in [0, 0.1) is 0 Å².